The zero-order chi connectivity index (χ0) is 14.5. The van der Waals surface area contributed by atoms with E-state index in [4.69, 9.17) is 4.74 Å². The molecule has 0 fully saturated rings. The van der Waals surface area contributed by atoms with Gasteiger partial charge in [-0.15, -0.1) is 11.3 Å². The van der Waals surface area contributed by atoms with Gasteiger partial charge >= 0.3 is 0 Å². The number of ether oxygens (including phenoxy) is 1. The van der Waals surface area contributed by atoms with Gasteiger partial charge in [-0.25, -0.2) is 0 Å². The lowest BCUT2D eigenvalue weighted by molar-refractivity contribution is 0.0610. The summed E-state index contributed by atoms with van der Waals surface area (Å²) in [5.74, 6) is -0.427. The normalized spacial score (nSPS) is 11.7. The van der Waals surface area contributed by atoms with Crippen molar-refractivity contribution in [2.45, 2.75) is 6.23 Å². The lowest BCUT2D eigenvalue weighted by Gasteiger charge is -2.11. The Bertz CT molecular complexity index is 592. The van der Waals surface area contributed by atoms with Crippen molar-refractivity contribution in [3.8, 4) is 5.75 Å². The summed E-state index contributed by atoms with van der Waals surface area (Å²) >= 11 is 1.21. The number of nitrogens with one attached hydrogen (secondary N) is 1. The van der Waals surface area contributed by atoms with Crippen LogP contribution >= 0.6 is 11.3 Å². The highest BCUT2D eigenvalue weighted by Crippen LogP contribution is 2.13. The number of amides is 1. The van der Waals surface area contributed by atoms with E-state index in [1.54, 1.807) is 41.8 Å². The van der Waals surface area contributed by atoms with Crippen LogP contribution in [0.15, 0.2) is 41.8 Å². The van der Waals surface area contributed by atoms with Gasteiger partial charge in [-0.2, -0.15) is 0 Å². The minimum Gasteiger partial charge on any atom is -0.497 e. The monoisotopic (exact) mass is 291 g/mol. The number of carbonyl (C=O) groups excluding carboxylic acids is 2. The summed E-state index contributed by atoms with van der Waals surface area (Å²) in [4.78, 5) is 24.1. The van der Waals surface area contributed by atoms with Crippen LogP contribution in [0.1, 0.15) is 20.0 Å². The van der Waals surface area contributed by atoms with Gasteiger partial charge in [0.15, 0.2) is 6.23 Å². The van der Waals surface area contributed by atoms with Gasteiger partial charge in [0.1, 0.15) is 5.75 Å². The average Bonchev–Trinajstić information content (AvgIpc) is 3.00. The van der Waals surface area contributed by atoms with Gasteiger partial charge in [-0.05, 0) is 35.7 Å². The third-order valence-corrected chi connectivity index (χ3v) is 3.52. The third kappa shape index (κ3) is 3.23. The summed E-state index contributed by atoms with van der Waals surface area (Å²) in [6.45, 7) is 0. The zero-order valence-electron chi connectivity index (χ0n) is 10.7. The van der Waals surface area contributed by atoms with Gasteiger partial charge in [0.2, 0.25) is 5.78 Å². The maximum absolute atomic E-state index is 11.9. The van der Waals surface area contributed by atoms with Crippen molar-refractivity contribution in [1.82, 2.24) is 5.32 Å². The number of hydrogen-bond donors (Lipinski definition) is 2. The predicted octanol–water partition coefficient (Wildman–Crippen LogP) is 1.69. The highest BCUT2D eigenvalue weighted by molar-refractivity contribution is 7.12. The van der Waals surface area contributed by atoms with Crippen molar-refractivity contribution >= 4 is 23.0 Å². The molecule has 20 heavy (non-hydrogen) atoms. The molecule has 1 atom stereocenters. The maximum atomic E-state index is 11.9. The Hall–Kier alpha value is -2.18. The number of carbonyl (C=O) groups is 2. The second-order valence-electron chi connectivity index (χ2n) is 3.95. The van der Waals surface area contributed by atoms with Crippen LogP contribution in [-0.2, 0) is 0 Å². The summed E-state index contributed by atoms with van der Waals surface area (Å²) in [6.07, 6.45) is -1.55. The summed E-state index contributed by atoms with van der Waals surface area (Å²) < 4.78 is 4.98. The first-order valence-electron chi connectivity index (χ1n) is 5.82. The molecule has 0 bridgehead atoms. The van der Waals surface area contributed by atoms with Gasteiger partial charge in [0.05, 0.1) is 12.0 Å². The smallest absolute Gasteiger partial charge is 0.253 e. The standard InChI is InChI=1S/C14H13NO4S/c1-19-10-6-4-9(5-7-10)13(17)15-14(18)12(16)11-3-2-8-20-11/h2-8,14,18H,1H3,(H,15,17). The molecule has 0 aliphatic carbocycles. The molecule has 1 aromatic heterocycles. The van der Waals surface area contributed by atoms with Crippen molar-refractivity contribution < 1.29 is 19.4 Å². The Labute approximate surface area is 119 Å². The number of benzene rings is 1. The van der Waals surface area contributed by atoms with Crippen molar-refractivity contribution in [3.63, 3.8) is 0 Å². The Morgan fingerprint density at radius 2 is 1.95 bits per heavy atom. The molecule has 0 aliphatic heterocycles. The number of Topliss-reactive ketones (excluding diaryl/α,β-unsaturated/α-hetero) is 1. The second-order valence-corrected chi connectivity index (χ2v) is 4.89. The fraction of sp³-hybridized carbons (Fsp3) is 0.143. The molecular weight excluding hydrogens is 278 g/mol. The summed E-state index contributed by atoms with van der Waals surface area (Å²) in [5.41, 5.74) is 0.337. The van der Waals surface area contributed by atoms with E-state index in [0.29, 0.717) is 16.2 Å². The topological polar surface area (TPSA) is 75.6 Å². The minimum atomic E-state index is -1.55. The van der Waals surface area contributed by atoms with E-state index < -0.39 is 17.9 Å². The van der Waals surface area contributed by atoms with E-state index in [2.05, 4.69) is 5.32 Å². The summed E-state index contributed by atoms with van der Waals surface area (Å²) in [6, 6.07) is 9.66. The van der Waals surface area contributed by atoms with Gasteiger partial charge in [-0.3, -0.25) is 9.59 Å². The molecule has 5 nitrogen and oxygen atoms in total. The number of methoxy groups -OCH3 is 1. The molecule has 0 saturated heterocycles. The summed E-state index contributed by atoms with van der Waals surface area (Å²) in [5, 5.41) is 13.7. The van der Waals surface area contributed by atoms with Crippen LogP contribution in [0.2, 0.25) is 0 Å². The van der Waals surface area contributed by atoms with E-state index in [-0.39, 0.29) is 0 Å². The van der Waals surface area contributed by atoms with E-state index >= 15 is 0 Å². The van der Waals surface area contributed by atoms with Crippen molar-refractivity contribution in [2.24, 2.45) is 0 Å². The molecule has 1 heterocycles. The molecule has 2 rings (SSSR count). The van der Waals surface area contributed by atoms with Crippen LogP contribution in [-0.4, -0.2) is 30.1 Å². The molecule has 0 radical (unpaired) electrons. The first-order valence-corrected chi connectivity index (χ1v) is 6.70. The quantitative estimate of drug-likeness (QED) is 0.649. The van der Waals surface area contributed by atoms with E-state index in [0.717, 1.165) is 0 Å². The van der Waals surface area contributed by atoms with Crippen LogP contribution < -0.4 is 10.1 Å². The van der Waals surface area contributed by atoms with Gasteiger partial charge in [0.25, 0.3) is 5.91 Å². The SMILES string of the molecule is COc1ccc(C(=O)NC(O)C(=O)c2cccs2)cc1. The predicted molar refractivity (Wildman–Crippen MR) is 75.1 cm³/mol. The Morgan fingerprint density at radius 3 is 2.50 bits per heavy atom. The van der Waals surface area contributed by atoms with Crippen molar-refractivity contribution in [1.29, 1.82) is 0 Å². The van der Waals surface area contributed by atoms with E-state index in [9.17, 15) is 14.7 Å². The Balaban J connectivity index is 2.01. The number of thiophene rings is 1. The first kappa shape index (κ1) is 14.2. The molecular formula is C14H13NO4S. The highest BCUT2D eigenvalue weighted by Gasteiger charge is 2.20. The van der Waals surface area contributed by atoms with Gasteiger partial charge in [0, 0.05) is 5.56 Å². The van der Waals surface area contributed by atoms with Gasteiger partial charge < -0.3 is 15.2 Å². The first-order chi connectivity index (χ1) is 9.61. The fourth-order valence-electron chi connectivity index (χ4n) is 1.57. The molecule has 1 amide bonds. The molecule has 2 aromatic rings. The average molecular weight is 291 g/mol. The Kier molecular flexibility index (Phi) is 4.49. The number of aliphatic hydroxyl groups is 1. The number of ketones is 1. The number of aliphatic hydroxyl groups excluding tert-OH is 1. The Morgan fingerprint density at radius 1 is 1.25 bits per heavy atom. The fourth-order valence-corrected chi connectivity index (χ4v) is 2.26. The zero-order valence-corrected chi connectivity index (χ0v) is 11.5. The van der Waals surface area contributed by atoms with Crippen LogP contribution in [0.25, 0.3) is 0 Å². The molecule has 0 aliphatic rings. The maximum Gasteiger partial charge on any atom is 0.253 e. The number of hydrogen-bond acceptors (Lipinski definition) is 5. The molecule has 1 aromatic carbocycles. The number of rotatable bonds is 5. The molecule has 0 spiro atoms. The largest absolute Gasteiger partial charge is 0.497 e. The van der Waals surface area contributed by atoms with E-state index in [1.165, 1.54) is 18.4 Å². The highest BCUT2D eigenvalue weighted by atomic mass is 32.1. The second kappa shape index (κ2) is 6.31. The van der Waals surface area contributed by atoms with Crippen LogP contribution in [0, 0.1) is 0 Å². The van der Waals surface area contributed by atoms with Gasteiger partial charge in [-0.1, -0.05) is 6.07 Å². The van der Waals surface area contributed by atoms with Crippen LogP contribution in [0.3, 0.4) is 0 Å². The van der Waals surface area contributed by atoms with E-state index in [1.807, 2.05) is 0 Å². The van der Waals surface area contributed by atoms with Crippen molar-refractivity contribution in [2.75, 3.05) is 7.11 Å². The van der Waals surface area contributed by atoms with Crippen LogP contribution in [0.4, 0.5) is 0 Å². The molecule has 6 heteroatoms. The lowest BCUT2D eigenvalue weighted by Crippen LogP contribution is -2.40. The molecule has 2 N–H and O–H groups in total. The third-order valence-electron chi connectivity index (χ3n) is 2.63. The minimum absolute atomic E-state index is 0.337. The summed E-state index contributed by atoms with van der Waals surface area (Å²) in [7, 11) is 1.53. The molecule has 104 valence electrons. The lowest BCUT2D eigenvalue weighted by atomic mass is 10.2. The van der Waals surface area contributed by atoms with Crippen molar-refractivity contribution in [3.05, 3.63) is 52.2 Å². The van der Waals surface area contributed by atoms with Crippen LogP contribution in [0.5, 0.6) is 5.75 Å². The molecule has 0 saturated carbocycles. The molecule has 1 unspecified atom stereocenters.